The third kappa shape index (κ3) is 3.65. The number of aryl methyl sites for hydroxylation is 1. The number of fused-ring (bicyclic) bond motifs is 1. The molecule has 0 aliphatic heterocycles. The normalized spacial score (nSPS) is 11.3. The van der Waals surface area contributed by atoms with Gasteiger partial charge in [-0.2, -0.15) is 10.2 Å². The summed E-state index contributed by atoms with van der Waals surface area (Å²) < 4.78 is 7.57. The minimum absolute atomic E-state index is 0.274. The molecule has 0 aliphatic carbocycles. The summed E-state index contributed by atoms with van der Waals surface area (Å²) in [7, 11) is 1.93. The zero-order chi connectivity index (χ0) is 20.4. The summed E-state index contributed by atoms with van der Waals surface area (Å²) in [5.74, 6) is 0.851. The fraction of sp³-hybridized carbons (Fsp3) is 0.333. The quantitative estimate of drug-likeness (QED) is 0.496. The van der Waals surface area contributed by atoms with E-state index in [4.69, 9.17) is 14.8 Å². The Kier molecular flexibility index (Phi) is 5.16. The molecule has 0 fully saturated rings. The van der Waals surface area contributed by atoms with E-state index in [0.29, 0.717) is 19.0 Å². The Morgan fingerprint density at radius 2 is 2.10 bits per heavy atom. The number of aromatic nitrogens is 6. The number of anilines is 1. The highest BCUT2D eigenvalue weighted by molar-refractivity contribution is 5.94. The van der Waals surface area contributed by atoms with Gasteiger partial charge in [-0.25, -0.2) is 9.97 Å². The number of nitrogens with one attached hydrogen (secondary N) is 2. The smallest absolute Gasteiger partial charge is 0.222 e. The van der Waals surface area contributed by atoms with Crippen molar-refractivity contribution in [3.05, 3.63) is 48.0 Å². The zero-order valence-corrected chi connectivity index (χ0v) is 17.1. The number of pyridine rings is 2. The molecule has 0 aromatic carbocycles. The fourth-order valence-corrected chi connectivity index (χ4v) is 3.37. The topological polar surface area (TPSA) is 93.5 Å². The summed E-state index contributed by atoms with van der Waals surface area (Å²) >= 11 is 0. The molecule has 4 heterocycles. The SMILES string of the molecule is CCOc1ncccc1-c1cc(NCc2ccn[nH]2)c2c(C(C)C)nn(C)c2n1. The monoisotopic (exact) mass is 391 g/mol. The van der Waals surface area contributed by atoms with E-state index in [-0.39, 0.29) is 5.92 Å². The van der Waals surface area contributed by atoms with Crippen molar-refractivity contribution in [2.24, 2.45) is 7.05 Å². The molecule has 8 nitrogen and oxygen atoms in total. The average Bonchev–Trinajstić information content (AvgIpc) is 3.35. The molecule has 0 saturated carbocycles. The van der Waals surface area contributed by atoms with Crippen LogP contribution in [0.25, 0.3) is 22.3 Å². The van der Waals surface area contributed by atoms with E-state index in [9.17, 15) is 0 Å². The lowest BCUT2D eigenvalue weighted by molar-refractivity contribution is 0.328. The van der Waals surface area contributed by atoms with Crippen LogP contribution in [0.5, 0.6) is 5.88 Å². The molecule has 8 heteroatoms. The highest BCUT2D eigenvalue weighted by Gasteiger charge is 2.20. The second kappa shape index (κ2) is 7.90. The Hall–Kier alpha value is -3.42. The maximum atomic E-state index is 5.73. The van der Waals surface area contributed by atoms with Gasteiger partial charge in [0.15, 0.2) is 5.65 Å². The van der Waals surface area contributed by atoms with Crippen molar-refractivity contribution in [2.45, 2.75) is 33.2 Å². The Balaban J connectivity index is 1.88. The largest absolute Gasteiger partial charge is 0.477 e. The predicted molar refractivity (Wildman–Crippen MR) is 113 cm³/mol. The van der Waals surface area contributed by atoms with Crippen LogP contribution in [0.1, 0.15) is 38.1 Å². The molecule has 29 heavy (non-hydrogen) atoms. The molecular formula is C21H25N7O. The maximum absolute atomic E-state index is 5.73. The van der Waals surface area contributed by atoms with E-state index in [1.54, 1.807) is 12.4 Å². The van der Waals surface area contributed by atoms with Gasteiger partial charge in [0.05, 0.1) is 41.2 Å². The van der Waals surface area contributed by atoms with Crippen molar-refractivity contribution in [3.63, 3.8) is 0 Å². The minimum atomic E-state index is 0.274. The van der Waals surface area contributed by atoms with Gasteiger partial charge in [0.1, 0.15) is 0 Å². The van der Waals surface area contributed by atoms with Crippen molar-refractivity contribution in [2.75, 3.05) is 11.9 Å². The number of H-pyrrole nitrogens is 1. The number of hydrogen-bond acceptors (Lipinski definition) is 6. The van der Waals surface area contributed by atoms with Crippen molar-refractivity contribution in [1.29, 1.82) is 0 Å². The van der Waals surface area contributed by atoms with E-state index >= 15 is 0 Å². The van der Waals surface area contributed by atoms with E-state index < -0.39 is 0 Å². The van der Waals surface area contributed by atoms with Crippen LogP contribution in [-0.4, -0.2) is 36.6 Å². The molecule has 2 N–H and O–H groups in total. The predicted octanol–water partition coefficient (Wildman–Crippen LogP) is 3.89. The second-order valence-electron chi connectivity index (χ2n) is 7.14. The van der Waals surface area contributed by atoms with Crippen LogP contribution in [0.15, 0.2) is 36.7 Å². The maximum Gasteiger partial charge on any atom is 0.222 e. The molecule has 0 amide bonds. The second-order valence-corrected chi connectivity index (χ2v) is 7.14. The van der Waals surface area contributed by atoms with Crippen LogP contribution in [0.3, 0.4) is 0 Å². The van der Waals surface area contributed by atoms with E-state index in [0.717, 1.165) is 39.4 Å². The van der Waals surface area contributed by atoms with Gasteiger partial charge >= 0.3 is 0 Å². The van der Waals surface area contributed by atoms with Crippen LogP contribution in [0.4, 0.5) is 5.69 Å². The van der Waals surface area contributed by atoms with Crippen LogP contribution in [0, 0.1) is 0 Å². The lowest BCUT2D eigenvalue weighted by atomic mass is 10.0. The highest BCUT2D eigenvalue weighted by atomic mass is 16.5. The van der Waals surface area contributed by atoms with Crippen molar-refractivity contribution in [3.8, 4) is 17.1 Å². The third-order valence-electron chi connectivity index (χ3n) is 4.72. The molecule has 0 bridgehead atoms. The highest BCUT2D eigenvalue weighted by Crippen LogP contribution is 2.35. The van der Waals surface area contributed by atoms with Gasteiger partial charge in [-0.1, -0.05) is 13.8 Å². The Bertz CT molecular complexity index is 1120. The summed E-state index contributed by atoms with van der Waals surface area (Å²) in [5.41, 5.74) is 5.47. The number of hydrogen-bond donors (Lipinski definition) is 2. The number of rotatable bonds is 7. The first-order valence-electron chi connectivity index (χ1n) is 9.76. The lowest BCUT2D eigenvalue weighted by Gasteiger charge is -2.13. The van der Waals surface area contributed by atoms with E-state index in [2.05, 4.69) is 34.3 Å². The molecule has 0 radical (unpaired) electrons. The van der Waals surface area contributed by atoms with Crippen molar-refractivity contribution < 1.29 is 4.74 Å². The number of ether oxygens (including phenoxy) is 1. The van der Waals surface area contributed by atoms with Crippen molar-refractivity contribution in [1.82, 2.24) is 29.9 Å². The average molecular weight is 391 g/mol. The molecule has 0 saturated heterocycles. The zero-order valence-electron chi connectivity index (χ0n) is 17.1. The van der Waals surface area contributed by atoms with Crippen LogP contribution in [-0.2, 0) is 13.6 Å². The van der Waals surface area contributed by atoms with Crippen LogP contribution >= 0.6 is 0 Å². The lowest BCUT2D eigenvalue weighted by Crippen LogP contribution is -2.04. The first kappa shape index (κ1) is 18.9. The first-order valence-corrected chi connectivity index (χ1v) is 9.76. The van der Waals surface area contributed by atoms with Gasteiger partial charge in [0.25, 0.3) is 0 Å². The Morgan fingerprint density at radius 3 is 2.83 bits per heavy atom. The molecule has 0 unspecified atom stereocenters. The van der Waals surface area contributed by atoms with Gasteiger partial charge in [0, 0.05) is 25.1 Å². The Labute approximate surface area is 169 Å². The molecule has 150 valence electrons. The molecule has 0 atom stereocenters. The fourth-order valence-electron chi connectivity index (χ4n) is 3.37. The summed E-state index contributed by atoms with van der Waals surface area (Å²) in [5, 5.41) is 16.3. The third-order valence-corrected chi connectivity index (χ3v) is 4.72. The standard InChI is InChI=1S/C21H25N7O/c1-5-29-21-15(7-6-9-22-21)16-11-17(23-12-14-8-10-24-26-14)18-19(13(2)3)27-28(4)20(18)25-16/h6-11,13H,5,12H2,1-4H3,(H,23,25)(H,24,26). The number of aromatic amines is 1. The first-order chi connectivity index (χ1) is 14.1. The van der Waals surface area contributed by atoms with Crippen LogP contribution < -0.4 is 10.1 Å². The van der Waals surface area contributed by atoms with Gasteiger partial charge < -0.3 is 10.1 Å². The Morgan fingerprint density at radius 1 is 1.24 bits per heavy atom. The van der Waals surface area contributed by atoms with Crippen LogP contribution in [0.2, 0.25) is 0 Å². The number of nitrogens with zero attached hydrogens (tertiary/aromatic N) is 5. The summed E-state index contributed by atoms with van der Waals surface area (Å²) in [6.45, 7) is 7.39. The molecule has 0 aliphatic rings. The molecule has 4 rings (SSSR count). The van der Waals surface area contributed by atoms with Gasteiger partial charge in [-0.15, -0.1) is 0 Å². The molecule has 4 aromatic rings. The summed E-state index contributed by atoms with van der Waals surface area (Å²) in [6, 6.07) is 7.87. The molecule has 4 aromatic heterocycles. The van der Waals surface area contributed by atoms with E-state index in [1.807, 2.05) is 42.9 Å². The summed E-state index contributed by atoms with van der Waals surface area (Å²) in [6.07, 6.45) is 3.48. The van der Waals surface area contributed by atoms with Gasteiger partial charge in [0.2, 0.25) is 5.88 Å². The van der Waals surface area contributed by atoms with Crippen molar-refractivity contribution >= 4 is 16.7 Å². The minimum Gasteiger partial charge on any atom is -0.477 e. The summed E-state index contributed by atoms with van der Waals surface area (Å²) in [4.78, 5) is 9.30. The van der Waals surface area contributed by atoms with Gasteiger partial charge in [-0.3, -0.25) is 9.78 Å². The molecular weight excluding hydrogens is 366 g/mol. The van der Waals surface area contributed by atoms with E-state index in [1.165, 1.54) is 0 Å². The van der Waals surface area contributed by atoms with Gasteiger partial charge in [-0.05, 0) is 37.1 Å². The molecule has 0 spiro atoms.